The minimum atomic E-state index is -0.180. The van der Waals surface area contributed by atoms with Gasteiger partial charge in [-0.2, -0.15) is 0 Å². The Morgan fingerprint density at radius 2 is 1.85 bits per heavy atom. The summed E-state index contributed by atoms with van der Waals surface area (Å²) in [6.07, 6.45) is 0. The molecule has 0 aliphatic heterocycles. The largest absolute Gasteiger partial charge is 0.385 e. The van der Waals surface area contributed by atoms with Crippen LogP contribution in [-0.4, -0.2) is 4.57 Å². The van der Waals surface area contributed by atoms with Crippen LogP contribution in [0.2, 0.25) is 5.02 Å². The van der Waals surface area contributed by atoms with E-state index in [-0.39, 0.29) is 5.56 Å². The Kier molecular flexibility index (Phi) is 3.28. The maximum absolute atomic E-state index is 12.6. The first-order valence-electron chi connectivity index (χ1n) is 5.93. The van der Waals surface area contributed by atoms with Gasteiger partial charge in [-0.25, -0.2) is 0 Å². The van der Waals surface area contributed by atoms with Crippen molar-refractivity contribution in [2.45, 2.75) is 0 Å². The number of rotatable bonds is 1. The lowest BCUT2D eigenvalue weighted by molar-refractivity contribution is 1.02. The summed E-state index contributed by atoms with van der Waals surface area (Å²) in [7, 11) is 0. The summed E-state index contributed by atoms with van der Waals surface area (Å²) < 4.78 is 2.26. The molecular weight excluding hydrogens is 340 g/mol. The van der Waals surface area contributed by atoms with Crippen molar-refractivity contribution in [2.75, 3.05) is 5.73 Å². The maximum atomic E-state index is 12.6. The Morgan fingerprint density at radius 3 is 2.65 bits per heavy atom. The van der Waals surface area contributed by atoms with Crippen LogP contribution in [0.5, 0.6) is 0 Å². The number of pyridine rings is 1. The summed E-state index contributed by atoms with van der Waals surface area (Å²) >= 11 is 9.57. The molecule has 1 heterocycles. The first-order valence-corrected chi connectivity index (χ1v) is 7.11. The van der Waals surface area contributed by atoms with Crippen LogP contribution in [0.3, 0.4) is 0 Å². The minimum Gasteiger partial charge on any atom is -0.385 e. The molecule has 0 atom stereocenters. The number of hydrogen-bond donors (Lipinski definition) is 1. The molecule has 0 saturated carbocycles. The Hall–Kier alpha value is -1.78. The summed E-state index contributed by atoms with van der Waals surface area (Å²) in [6, 6.07) is 14.4. The summed E-state index contributed by atoms with van der Waals surface area (Å²) in [6.45, 7) is 0. The van der Waals surface area contributed by atoms with Gasteiger partial charge in [-0.1, -0.05) is 45.7 Å². The van der Waals surface area contributed by atoms with Gasteiger partial charge in [0.05, 0.1) is 10.7 Å². The average Bonchev–Trinajstić information content (AvgIpc) is 2.42. The number of nitrogens with zero attached hydrogens (tertiary/aromatic N) is 1. The van der Waals surface area contributed by atoms with Gasteiger partial charge in [-0.15, -0.1) is 0 Å². The molecule has 0 fully saturated rings. The lowest BCUT2D eigenvalue weighted by Gasteiger charge is -2.13. The highest BCUT2D eigenvalue weighted by Crippen LogP contribution is 2.26. The van der Waals surface area contributed by atoms with E-state index in [2.05, 4.69) is 15.9 Å². The Balaban J connectivity index is 2.42. The second-order valence-electron chi connectivity index (χ2n) is 4.39. The molecule has 2 aromatic carbocycles. The third-order valence-corrected chi connectivity index (χ3v) is 3.92. The fourth-order valence-corrected chi connectivity index (χ4v) is 2.74. The number of anilines is 1. The normalized spacial score (nSPS) is 10.9. The van der Waals surface area contributed by atoms with Crippen LogP contribution in [0.15, 0.2) is 57.8 Å². The van der Waals surface area contributed by atoms with E-state index in [1.807, 2.05) is 24.3 Å². The highest BCUT2D eigenvalue weighted by Gasteiger charge is 2.11. The van der Waals surface area contributed by atoms with Crippen molar-refractivity contribution < 1.29 is 0 Å². The third-order valence-electron chi connectivity index (χ3n) is 3.10. The van der Waals surface area contributed by atoms with Crippen LogP contribution < -0.4 is 11.3 Å². The highest BCUT2D eigenvalue weighted by molar-refractivity contribution is 9.10. The van der Waals surface area contributed by atoms with Crippen molar-refractivity contribution in [1.82, 2.24) is 4.57 Å². The zero-order chi connectivity index (χ0) is 14.3. The topological polar surface area (TPSA) is 48.0 Å². The van der Waals surface area contributed by atoms with Gasteiger partial charge in [0.1, 0.15) is 5.82 Å². The van der Waals surface area contributed by atoms with E-state index in [0.717, 1.165) is 9.86 Å². The number of fused-ring (bicyclic) bond motifs is 1. The lowest BCUT2D eigenvalue weighted by atomic mass is 10.1. The molecule has 3 aromatic rings. The number of hydrogen-bond acceptors (Lipinski definition) is 2. The molecule has 0 aliphatic carbocycles. The lowest BCUT2D eigenvalue weighted by Crippen LogP contribution is -2.21. The molecule has 20 heavy (non-hydrogen) atoms. The minimum absolute atomic E-state index is 0.180. The van der Waals surface area contributed by atoms with Crippen molar-refractivity contribution in [3.63, 3.8) is 0 Å². The van der Waals surface area contributed by atoms with Crippen molar-refractivity contribution >= 4 is 44.1 Å². The van der Waals surface area contributed by atoms with Gasteiger partial charge in [-0.3, -0.25) is 9.36 Å². The molecule has 0 spiro atoms. The quantitative estimate of drug-likeness (QED) is 0.722. The fourth-order valence-electron chi connectivity index (χ4n) is 2.18. The zero-order valence-corrected chi connectivity index (χ0v) is 12.6. The molecule has 2 N–H and O–H groups in total. The molecule has 100 valence electrons. The van der Waals surface area contributed by atoms with Crippen LogP contribution in [0.25, 0.3) is 16.5 Å². The molecule has 1 aromatic heterocycles. The second-order valence-corrected chi connectivity index (χ2v) is 5.72. The van der Waals surface area contributed by atoms with Gasteiger partial charge >= 0.3 is 0 Å². The molecule has 0 radical (unpaired) electrons. The third kappa shape index (κ3) is 2.11. The van der Waals surface area contributed by atoms with Crippen molar-refractivity contribution in [3.8, 4) is 5.69 Å². The van der Waals surface area contributed by atoms with Crippen LogP contribution in [-0.2, 0) is 0 Å². The van der Waals surface area contributed by atoms with E-state index in [1.54, 1.807) is 24.3 Å². The van der Waals surface area contributed by atoms with Gasteiger partial charge in [0.15, 0.2) is 0 Å². The highest BCUT2D eigenvalue weighted by atomic mass is 79.9. The van der Waals surface area contributed by atoms with Crippen molar-refractivity contribution in [2.24, 2.45) is 0 Å². The Bertz CT molecular complexity index is 873. The van der Waals surface area contributed by atoms with Gasteiger partial charge < -0.3 is 5.73 Å². The molecule has 0 amide bonds. The number of nitrogen functional groups attached to an aromatic ring is 1. The molecule has 0 saturated heterocycles. The summed E-state index contributed by atoms with van der Waals surface area (Å²) in [4.78, 5) is 12.6. The molecular formula is C15H10BrClN2O. The van der Waals surface area contributed by atoms with Gasteiger partial charge in [0.25, 0.3) is 5.56 Å². The number of aromatic nitrogens is 1. The molecule has 5 heteroatoms. The van der Waals surface area contributed by atoms with Crippen molar-refractivity contribution in [3.05, 3.63) is 68.4 Å². The standard InChI is InChI=1S/C15H10BrClN2O/c16-10-5-6-12(17)13(8-10)19-14(18)7-9-3-1-2-4-11(9)15(19)20/h1-8H,18H2. The van der Waals surface area contributed by atoms with Crippen LogP contribution >= 0.6 is 27.5 Å². The molecule has 0 unspecified atom stereocenters. The first-order chi connectivity index (χ1) is 9.58. The average molecular weight is 350 g/mol. The summed E-state index contributed by atoms with van der Waals surface area (Å²) in [5.74, 6) is 0.355. The maximum Gasteiger partial charge on any atom is 0.264 e. The van der Waals surface area contributed by atoms with E-state index >= 15 is 0 Å². The Labute approximate surface area is 128 Å². The Morgan fingerprint density at radius 1 is 1.10 bits per heavy atom. The smallest absolute Gasteiger partial charge is 0.264 e. The van der Waals surface area contributed by atoms with Crippen molar-refractivity contribution in [1.29, 1.82) is 0 Å². The van der Waals surface area contributed by atoms with E-state index in [4.69, 9.17) is 17.3 Å². The summed E-state index contributed by atoms with van der Waals surface area (Å²) in [5.41, 5.74) is 6.41. The van der Waals surface area contributed by atoms with Crippen LogP contribution in [0, 0.1) is 0 Å². The van der Waals surface area contributed by atoms with Crippen LogP contribution in [0.4, 0.5) is 5.82 Å². The van der Waals surface area contributed by atoms with E-state index in [0.29, 0.717) is 21.9 Å². The van der Waals surface area contributed by atoms with Gasteiger partial charge in [0, 0.05) is 9.86 Å². The predicted molar refractivity (Wildman–Crippen MR) is 86.7 cm³/mol. The first kappa shape index (κ1) is 13.2. The van der Waals surface area contributed by atoms with E-state index < -0.39 is 0 Å². The van der Waals surface area contributed by atoms with E-state index in [1.165, 1.54) is 4.57 Å². The predicted octanol–water partition coefficient (Wildman–Crippen LogP) is 3.99. The monoisotopic (exact) mass is 348 g/mol. The number of halogens is 2. The molecule has 0 aliphatic rings. The van der Waals surface area contributed by atoms with Crippen LogP contribution in [0.1, 0.15) is 0 Å². The van der Waals surface area contributed by atoms with Gasteiger partial charge in [0.2, 0.25) is 0 Å². The number of benzene rings is 2. The second kappa shape index (κ2) is 4.96. The molecule has 0 bridgehead atoms. The summed E-state index contributed by atoms with van der Waals surface area (Å²) in [5, 5.41) is 1.90. The van der Waals surface area contributed by atoms with Gasteiger partial charge in [-0.05, 0) is 35.7 Å². The number of nitrogens with two attached hydrogens (primary N) is 1. The van der Waals surface area contributed by atoms with E-state index in [9.17, 15) is 4.79 Å². The zero-order valence-electron chi connectivity index (χ0n) is 10.3. The molecule has 3 nitrogen and oxygen atoms in total. The SMILES string of the molecule is Nc1cc2ccccc2c(=O)n1-c1cc(Br)ccc1Cl. The molecule has 3 rings (SSSR count). The fraction of sp³-hybridized carbons (Fsp3) is 0.